The molecule has 1 fully saturated rings. The first kappa shape index (κ1) is 12.8. The number of nitrogens with one attached hydrogen (secondary N) is 1. The van der Waals surface area contributed by atoms with Crippen LogP contribution in [0.1, 0.15) is 18.5 Å². The number of hydrazine groups is 1. The van der Waals surface area contributed by atoms with Crippen LogP contribution in [0.25, 0.3) is 0 Å². The second-order valence-electron chi connectivity index (χ2n) is 4.63. The lowest BCUT2D eigenvalue weighted by atomic mass is 9.96. The number of nitrogens with zero attached hydrogens (tertiary/aromatic N) is 2. The van der Waals surface area contributed by atoms with Crippen LogP contribution in [0.15, 0.2) is 18.3 Å². The molecule has 1 aliphatic rings. The maximum Gasteiger partial charge on any atom is 0.220 e. The van der Waals surface area contributed by atoms with Crippen molar-refractivity contribution in [1.82, 2.24) is 9.88 Å². The van der Waals surface area contributed by atoms with Crippen molar-refractivity contribution < 1.29 is 4.79 Å². The molecular formula is C12H19N5O. The van der Waals surface area contributed by atoms with Crippen LogP contribution < -0.4 is 17.0 Å². The number of hydrogen-bond donors (Lipinski definition) is 3. The van der Waals surface area contributed by atoms with Gasteiger partial charge in [0.05, 0.1) is 11.4 Å². The summed E-state index contributed by atoms with van der Waals surface area (Å²) in [4.78, 5) is 17.7. The fourth-order valence-corrected chi connectivity index (χ4v) is 2.26. The lowest BCUT2D eigenvalue weighted by Gasteiger charge is -2.30. The van der Waals surface area contributed by atoms with Crippen LogP contribution in [0.3, 0.4) is 0 Å². The first-order chi connectivity index (χ1) is 8.69. The Bertz CT molecular complexity index is 415. The molecule has 0 radical (unpaired) electrons. The Morgan fingerprint density at radius 1 is 1.50 bits per heavy atom. The number of anilines is 1. The van der Waals surface area contributed by atoms with E-state index in [9.17, 15) is 4.79 Å². The third-order valence-corrected chi connectivity index (χ3v) is 3.36. The second kappa shape index (κ2) is 5.79. The molecule has 2 heterocycles. The van der Waals surface area contributed by atoms with Crippen LogP contribution in [0.5, 0.6) is 0 Å². The topological polar surface area (TPSA) is 97.3 Å². The number of rotatable bonds is 4. The summed E-state index contributed by atoms with van der Waals surface area (Å²) < 4.78 is 0. The summed E-state index contributed by atoms with van der Waals surface area (Å²) in [6.07, 6.45) is 3.41. The molecule has 5 N–H and O–H groups in total. The number of primary amides is 1. The van der Waals surface area contributed by atoms with Gasteiger partial charge in [0.1, 0.15) is 0 Å². The van der Waals surface area contributed by atoms with Gasteiger partial charge in [-0.1, -0.05) is 0 Å². The van der Waals surface area contributed by atoms with Crippen molar-refractivity contribution >= 4 is 11.6 Å². The molecule has 1 aliphatic heterocycles. The fraction of sp³-hybridized carbons (Fsp3) is 0.500. The van der Waals surface area contributed by atoms with Gasteiger partial charge >= 0.3 is 0 Å². The molecule has 6 heteroatoms. The normalized spacial score (nSPS) is 17.6. The third kappa shape index (κ3) is 3.18. The van der Waals surface area contributed by atoms with Gasteiger partial charge < -0.3 is 11.2 Å². The van der Waals surface area contributed by atoms with E-state index in [4.69, 9.17) is 11.6 Å². The Kier molecular flexibility index (Phi) is 4.11. The van der Waals surface area contributed by atoms with Gasteiger partial charge in [-0.25, -0.2) is 0 Å². The Balaban J connectivity index is 1.89. The van der Waals surface area contributed by atoms with Gasteiger partial charge in [-0.05, 0) is 38.1 Å². The lowest BCUT2D eigenvalue weighted by molar-refractivity contribution is -0.123. The number of nitrogen functional groups attached to an aromatic ring is 1. The lowest BCUT2D eigenvalue weighted by Crippen LogP contribution is -2.38. The van der Waals surface area contributed by atoms with Crippen molar-refractivity contribution in [3.8, 4) is 0 Å². The van der Waals surface area contributed by atoms with E-state index in [1.165, 1.54) is 0 Å². The fourth-order valence-electron chi connectivity index (χ4n) is 2.26. The number of hydrogen-bond acceptors (Lipinski definition) is 5. The number of carbonyl (C=O) groups is 1. The molecule has 0 atom stereocenters. The summed E-state index contributed by atoms with van der Waals surface area (Å²) in [5, 5.41) is 0. The van der Waals surface area contributed by atoms with Crippen LogP contribution in [0.4, 0.5) is 5.69 Å². The first-order valence-corrected chi connectivity index (χ1v) is 6.12. The van der Waals surface area contributed by atoms with E-state index in [0.29, 0.717) is 0 Å². The Labute approximate surface area is 106 Å². The SMILES string of the molecule is NNc1ccnc(CN2CCC(C(N)=O)CC2)c1. The van der Waals surface area contributed by atoms with Crippen molar-refractivity contribution in [1.29, 1.82) is 0 Å². The van der Waals surface area contributed by atoms with Crippen LogP contribution in [0.2, 0.25) is 0 Å². The highest BCUT2D eigenvalue weighted by Crippen LogP contribution is 2.18. The molecule has 18 heavy (non-hydrogen) atoms. The van der Waals surface area contributed by atoms with Crippen molar-refractivity contribution in [3.63, 3.8) is 0 Å². The smallest absolute Gasteiger partial charge is 0.220 e. The molecule has 2 rings (SSSR count). The molecule has 1 amide bonds. The van der Waals surface area contributed by atoms with Gasteiger partial charge in [-0.3, -0.25) is 20.5 Å². The average molecular weight is 249 g/mol. The Morgan fingerprint density at radius 3 is 2.83 bits per heavy atom. The third-order valence-electron chi connectivity index (χ3n) is 3.36. The quantitative estimate of drug-likeness (QED) is 0.518. The van der Waals surface area contributed by atoms with E-state index in [-0.39, 0.29) is 11.8 Å². The van der Waals surface area contributed by atoms with Crippen LogP contribution in [0, 0.1) is 5.92 Å². The molecule has 0 unspecified atom stereocenters. The Hall–Kier alpha value is -1.66. The van der Waals surface area contributed by atoms with Crippen molar-refractivity contribution in [3.05, 3.63) is 24.0 Å². The summed E-state index contributed by atoms with van der Waals surface area (Å²) in [5.41, 5.74) is 9.75. The largest absolute Gasteiger partial charge is 0.369 e. The van der Waals surface area contributed by atoms with Crippen LogP contribution in [-0.2, 0) is 11.3 Å². The maximum absolute atomic E-state index is 11.1. The van der Waals surface area contributed by atoms with Gasteiger partial charge in [0.25, 0.3) is 0 Å². The molecule has 98 valence electrons. The highest BCUT2D eigenvalue weighted by Gasteiger charge is 2.23. The standard InChI is InChI=1S/C12H19N5O/c13-12(18)9-2-5-17(6-3-9)8-11-7-10(16-14)1-4-15-11/h1,4,7,9H,2-3,5-6,8,14H2,(H2,13,18)(H,15,16). The molecule has 1 aromatic heterocycles. The van der Waals surface area contributed by atoms with Crippen molar-refractivity contribution in [2.75, 3.05) is 18.5 Å². The molecule has 0 bridgehead atoms. The molecule has 1 aromatic rings. The van der Waals surface area contributed by atoms with E-state index in [2.05, 4.69) is 15.3 Å². The van der Waals surface area contributed by atoms with Gasteiger partial charge in [-0.15, -0.1) is 0 Å². The molecule has 0 saturated carbocycles. The zero-order valence-corrected chi connectivity index (χ0v) is 10.3. The molecule has 0 aliphatic carbocycles. The highest BCUT2D eigenvalue weighted by atomic mass is 16.1. The molecule has 1 saturated heterocycles. The zero-order chi connectivity index (χ0) is 13.0. The number of carbonyl (C=O) groups excluding carboxylic acids is 1. The molecular weight excluding hydrogens is 230 g/mol. The predicted octanol–water partition coefficient (Wildman–Crippen LogP) is 0.0645. The number of likely N-dealkylation sites (tertiary alicyclic amines) is 1. The van der Waals surface area contributed by atoms with E-state index in [1.807, 2.05) is 12.1 Å². The van der Waals surface area contributed by atoms with Crippen molar-refractivity contribution in [2.24, 2.45) is 17.5 Å². The van der Waals surface area contributed by atoms with E-state index in [1.54, 1.807) is 6.20 Å². The minimum atomic E-state index is -0.179. The summed E-state index contributed by atoms with van der Waals surface area (Å²) >= 11 is 0. The average Bonchev–Trinajstić information content (AvgIpc) is 2.39. The molecule has 0 spiro atoms. The summed E-state index contributed by atoms with van der Waals surface area (Å²) in [5.74, 6) is 5.22. The summed E-state index contributed by atoms with van der Waals surface area (Å²) in [6, 6.07) is 3.75. The van der Waals surface area contributed by atoms with E-state index < -0.39 is 0 Å². The minimum absolute atomic E-state index is 0.0336. The monoisotopic (exact) mass is 249 g/mol. The Morgan fingerprint density at radius 2 is 2.22 bits per heavy atom. The maximum atomic E-state index is 11.1. The van der Waals surface area contributed by atoms with Gasteiger partial charge in [-0.2, -0.15) is 0 Å². The highest BCUT2D eigenvalue weighted by molar-refractivity contribution is 5.76. The summed E-state index contributed by atoms with van der Waals surface area (Å²) in [6.45, 7) is 2.55. The minimum Gasteiger partial charge on any atom is -0.369 e. The first-order valence-electron chi connectivity index (χ1n) is 6.12. The number of aromatic nitrogens is 1. The van der Waals surface area contributed by atoms with Crippen LogP contribution in [-0.4, -0.2) is 28.9 Å². The van der Waals surface area contributed by atoms with Gasteiger partial charge in [0, 0.05) is 18.7 Å². The van der Waals surface area contributed by atoms with Gasteiger partial charge in [0.2, 0.25) is 5.91 Å². The summed E-state index contributed by atoms with van der Waals surface area (Å²) in [7, 11) is 0. The van der Waals surface area contributed by atoms with Crippen LogP contribution >= 0.6 is 0 Å². The molecule has 6 nitrogen and oxygen atoms in total. The van der Waals surface area contributed by atoms with E-state index in [0.717, 1.165) is 43.9 Å². The number of amides is 1. The number of piperidine rings is 1. The second-order valence-corrected chi connectivity index (χ2v) is 4.63. The molecule has 0 aromatic carbocycles. The van der Waals surface area contributed by atoms with Crippen molar-refractivity contribution in [2.45, 2.75) is 19.4 Å². The zero-order valence-electron chi connectivity index (χ0n) is 10.3. The number of pyridine rings is 1. The predicted molar refractivity (Wildman–Crippen MR) is 69.2 cm³/mol. The number of nitrogens with two attached hydrogens (primary N) is 2. The van der Waals surface area contributed by atoms with E-state index >= 15 is 0 Å². The van der Waals surface area contributed by atoms with Gasteiger partial charge in [0.15, 0.2) is 0 Å².